The first-order valence-electron chi connectivity index (χ1n) is 7.03. The first-order valence-corrected chi connectivity index (χ1v) is 10.1. The van der Waals surface area contributed by atoms with Gasteiger partial charge >= 0.3 is 6.18 Å². The van der Waals surface area contributed by atoms with Crippen LogP contribution in [0.25, 0.3) is 10.6 Å². The maximum Gasteiger partial charge on any atom is 0.452 e. The van der Waals surface area contributed by atoms with Gasteiger partial charge in [-0.15, -0.1) is 11.3 Å². The first-order chi connectivity index (χ1) is 12.1. The topological polar surface area (TPSA) is 72.2 Å². The Balaban J connectivity index is 1.75. The average Bonchev–Trinajstić information content (AvgIpc) is 3.23. The Hall–Kier alpha value is -1.69. The lowest BCUT2D eigenvalue weighted by atomic mass is 10.2. The highest BCUT2D eigenvalue weighted by atomic mass is 79.9. The molecule has 3 rings (SSSR count). The molecule has 2 heterocycles. The van der Waals surface area contributed by atoms with E-state index in [0.717, 1.165) is 27.4 Å². The van der Waals surface area contributed by atoms with Gasteiger partial charge in [-0.25, -0.2) is 13.1 Å². The quantitative estimate of drug-likeness (QED) is 0.593. The Bertz CT molecular complexity index is 1010. The predicted octanol–water partition coefficient (Wildman–Crippen LogP) is 4.66. The lowest BCUT2D eigenvalue weighted by Crippen LogP contribution is -2.22. The molecule has 0 spiro atoms. The molecule has 0 aliphatic rings. The minimum Gasteiger partial charge on any atom is -0.351 e. The van der Waals surface area contributed by atoms with Crippen molar-refractivity contribution >= 4 is 37.3 Å². The number of hydrogen-bond acceptors (Lipinski definition) is 5. The summed E-state index contributed by atoms with van der Waals surface area (Å²) in [5, 5.41) is 3.35. The number of alkyl halides is 3. The zero-order valence-electron chi connectivity index (χ0n) is 12.7. The zero-order chi connectivity index (χ0) is 18.9. The molecule has 0 fully saturated rings. The molecule has 0 aliphatic carbocycles. The lowest BCUT2D eigenvalue weighted by Gasteiger charge is -2.05. The van der Waals surface area contributed by atoms with Crippen LogP contribution in [0.2, 0.25) is 0 Å². The van der Waals surface area contributed by atoms with Gasteiger partial charge in [-0.1, -0.05) is 33.2 Å². The van der Waals surface area contributed by atoms with Gasteiger partial charge in [-0.3, -0.25) is 0 Å². The van der Waals surface area contributed by atoms with Crippen molar-refractivity contribution in [2.75, 3.05) is 0 Å². The molecule has 5 nitrogen and oxygen atoms in total. The summed E-state index contributed by atoms with van der Waals surface area (Å²) in [5.41, 5.74) is 0.691. The van der Waals surface area contributed by atoms with Gasteiger partial charge in [0.1, 0.15) is 9.90 Å². The van der Waals surface area contributed by atoms with Crippen LogP contribution in [0.5, 0.6) is 0 Å². The second-order valence-corrected chi connectivity index (χ2v) is 9.14. The fraction of sp³-hybridized carbons (Fsp3) is 0.133. The van der Waals surface area contributed by atoms with Gasteiger partial charge in [-0.2, -0.15) is 13.2 Å². The first kappa shape index (κ1) is 19.1. The molecule has 0 saturated carbocycles. The van der Waals surface area contributed by atoms with Crippen molar-refractivity contribution in [1.82, 2.24) is 9.88 Å². The summed E-state index contributed by atoms with van der Waals surface area (Å²) in [6.07, 6.45) is -4.65. The van der Waals surface area contributed by atoms with Crippen molar-refractivity contribution < 1.29 is 26.1 Å². The minimum absolute atomic E-state index is 0.0267. The van der Waals surface area contributed by atoms with Gasteiger partial charge in [0, 0.05) is 17.1 Å². The third kappa shape index (κ3) is 4.34. The molecule has 138 valence electrons. The van der Waals surface area contributed by atoms with E-state index in [1.807, 2.05) is 0 Å². The van der Waals surface area contributed by atoms with Gasteiger partial charge in [0.05, 0.1) is 4.88 Å². The molecule has 0 aliphatic heterocycles. The van der Waals surface area contributed by atoms with Crippen molar-refractivity contribution in [2.45, 2.75) is 16.9 Å². The van der Waals surface area contributed by atoms with E-state index >= 15 is 0 Å². The number of sulfonamides is 1. The highest BCUT2D eigenvalue weighted by molar-refractivity contribution is 9.10. The molecule has 0 atom stereocenters. The molecule has 2 aromatic heterocycles. The largest absolute Gasteiger partial charge is 0.452 e. The molecule has 0 unspecified atom stereocenters. The Morgan fingerprint density at radius 1 is 1.15 bits per heavy atom. The van der Waals surface area contributed by atoms with Crippen LogP contribution in [0.1, 0.15) is 11.3 Å². The highest BCUT2D eigenvalue weighted by Gasteiger charge is 2.36. The van der Waals surface area contributed by atoms with Crippen molar-refractivity contribution in [3.05, 3.63) is 58.3 Å². The minimum atomic E-state index is -4.65. The molecule has 26 heavy (non-hydrogen) atoms. The molecule has 0 saturated heterocycles. The number of thiophene rings is 1. The molecule has 1 N–H and O–H groups in total. The molecule has 11 heteroatoms. The number of nitrogens with zero attached hydrogens (tertiary/aromatic N) is 1. The van der Waals surface area contributed by atoms with E-state index in [1.165, 1.54) is 12.1 Å². The van der Waals surface area contributed by atoms with E-state index in [9.17, 15) is 21.6 Å². The van der Waals surface area contributed by atoms with Crippen LogP contribution >= 0.6 is 27.3 Å². The molecular formula is C15H10BrF3N2O3S2. The Labute approximate surface area is 159 Å². The van der Waals surface area contributed by atoms with Crippen molar-refractivity contribution in [3.63, 3.8) is 0 Å². The van der Waals surface area contributed by atoms with Gasteiger partial charge in [0.2, 0.25) is 15.8 Å². The van der Waals surface area contributed by atoms with Crippen LogP contribution in [-0.2, 0) is 22.7 Å². The van der Waals surface area contributed by atoms with Gasteiger partial charge in [0.15, 0.2) is 0 Å². The number of halogens is 4. The lowest BCUT2D eigenvalue weighted by molar-refractivity contribution is -0.155. The summed E-state index contributed by atoms with van der Waals surface area (Å²) in [6, 6.07) is 10.5. The highest BCUT2D eigenvalue weighted by Crippen LogP contribution is 2.35. The fourth-order valence-electron chi connectivity index (χ4n) is 1.98. The number of rotatable bonds is 5. The zero-order valence-corrected chi connectivity index (χ0v) is 16.0. The van der Waals surface area contributed by atoms with Crippen LogP contribution in [0.15, 0.2) is 55.7 Å². The van der Waals surface area contributed by atoms with Crippen LogP contribution in [0, 0.1) is 0 Å². The van der Waals surface area contributed by atoms with Gasteiger partial charge in [-0.05, 0) is 29.8 Å². The van der Waals surface area contributed by atoms with Gasteiger partial charge < -0.3 is 4.52 Å². The molecule has 1 aromatic carbocycles. The van der Waals surface area contributed by atoms with E-state index in [-0.39, 0.29) is 21.3 Å². The van der Waals surface area contributed by atoms with Crippen molar-refractivity contribution in [1.29, 1.82) is 0 Å². The van der Waals surface area contributed by atoms with Crippen LogP contribution in [-0.4, -0.2) is 13.6 Å². The van der Waals surface area contributed by atoms with E-state index in [4.69, 9.17) is 0 Å². The molecule has 0 amide bonds. The normalized spacial score (nSPS) is 12.5. The summed E-state index contributed by atoms with van der Waals surface area (Å²) in [6.45, 7) is 0.0883. The second kappa shape index (κ2) is 7.14. The summed E-state index contributed by atoms with van der Waals surface area (Å²) in [7, 11) is -3.80. The molecule has 0 bridgehead atoms. The Morgan fingerprint density at radius 3 is 2.46 bits per heavy atom. The number of nitrogens with one attached hydrogen (secondary N) is 1. The van der Waals surface area contributed by atoms with E-state index in [2.05, 4.69) is 30.3 Å². The summed E-state index contributed by atoms with van der Waals surface area (Å²) < 4.78 is 69.9. The fourth-order valence-corrected chi connectivity index (χ4v) is 4.56. The Morgan fingerprint density at radius 2 is 1.85 bits per heavy atom. The number of hydrogen-bond donors (Lipinski definition) is 1. The van der Waals surface area contributed by atoms with Crippen molar-refractivity contribution in [3.8, 4) is 10.6 Å². The summed E-state index contributed by atoms with van der Waals surface area (Å²) >= 11 is 4.10. The standard InChI is InChI=1S/C15H10BrF3N2O3S2/c16-10-3-1-9(2-4-10)8-20-26(22,23)14-6-5-12(25-14)11-7-13(24-21-11)15(17,18)19/h1-7,20H,8H2. The van der Waals surface area contributed by atoms with Crippen LogP contribution in [0.4, 0.5) is 13.2 Å². The number of aromatic nitrogens is 1. The monoisotopic (exact) mass is 466 g/mol. The maximum absolute atomic E-state index is 12.6. The second-order valence-electron chi connectivity index (χ2n) is 5.14. The van der Waals surface area contributed by atoms with E-state index in [0.29, 0.717) is 0 Å². The predicted molar refractivity (Wildman–Crippen MR) is 93.0 cm³/mol. The molecular weight excluding hydrogens is 457 g/mol. The summed E-state index contributed by atoms with van der Waals surface area (Å²) in [5.74, 6) is -1.24. The number of benzene rings is 1. The van der Waals surface area contributed by atoms with E-state index < -0.39 is 22.0 Å². The smallest absolute Gasteiger partial charge is 0.351 e. The van der Waals surface area contributed by atoms with Crippen LogP contribution < -0.4 is 4.72 Å². The van der Waals surface area contributed by atoms with Gasteiger partial charge in [0.25, 0.3) is 0 Å². The average molecular weight is 467 g/mol. The maximum atomic E-state index is 12.6. The SMILES string of the molecule is O=S(=O)(NCc1ccc(Br)cc1)c1ccc(-c2cc(C(F)(F)F)on2)s1. The molecule has 3 aromatic rings. The Kier molecular flexibility index (Phi) is 5.24. The summed E-state index contributed by atoms with van der Waals surface area (Å²) in [4.78, 5) is 0.258. The third-order valence-electron chi connectivity index (χ3n) is 3.27. The third-order valence-corrected chi connectivity index (χ3v) is 6.80. The van der Waals surface area contributed by atoms with E-state index in [1.54, 1.807) is 24.3 Å². The molecule has 0 radical (unpaired) electrons. The van der Waals surface area contributed by atoms with Crippen LogP contribution in [0.3, 0.4) is 0 Å². The van der Waals surface area contributed by atoms with Crippen molar-refractivity contribution in [2.24, 2.45) is 0 Å².